The highest BCUT2D eigenvalue weighted by atomic mass is 16.5. The molecule has 0 aromatic rings. The molecule has 0 aliphatic carbocycles. The molecule has 0 aromatic carbocycles. The Morgan fingerprint density at radius 3 is 3.08 bits per heavy atom. The minimum absolute atomic E-state index is 0.726. The highest BCUT2D eigenvalue weighted by molar-refractivity contribution is 5.58. The van der Waals surface area contributed by atoms with Gasteiger partial charge in [0.2, 0.25) is 0 Å². The van der Waals surface area contributed by atoms with Crippen LogP contribution in [0.15, 0.2) is 16.6 Å². The zero-order valence-corrected chi connectivity index (χ0v) is 7.79. The van der Waals surface area contributed by atoms with Crippen LogP contribution in [0.5, 0.6) is 0 Å². The number of ether oxygens (including phenoxy) is 1. The second-order valence-electron chi connectivity index (χ2n) is 2.56. The van der Waals surface area contributed by atoms with Crippen LogP contribution in [0.2, 0.25) is 0 Å². The van der Waals surface area contributed by atoms with Crippen LogP contribution < -0.4 is 5.43 Å². The van der Waals surface area contributed by atoms with Gasteiger partial charge < -0.3 is 4.74 Å². The van der Waals surface area contributed by atoms with Gasteiger partial charge in [0.25, 0.3) is 0 Å². The van der Waals surface area contributed by atoms with Crippen LogP contribution in [0.25, 0.3) is 0 Å². The molecule has 1 rings (SSSR count). The van der Waals surface area contributed by atoms with Gasteiger partial charge in [-0.25, -0.2) is 10.4 Å². The number of hydrogen-bond donors (Lipinski definition) is 1. The lowest BCUT2D eigenvalue weighted by atomic mass is 10.5. The zero-order valence-electron chi connectivity index (χ0n) is 7.79. The first-order valence-corrected chi connectivity index (χ1v) is 4.06. The summed E-state index contributed by atoms with van der Waals surface area (Å²) < 4.78 is 5.15. The van der Waals surface area contributed by atoms with Crippen molar-refractivity contribution >= 4 is 6.21 Å². The fourth-order valence-electron chi connectivity index (χ4n) is 1.03. The quantitative estimate of drug-likeness (QED) is 0.633. The van der Waals surface area contributed by atoms with Gasteiger partial charge in [0.15, 0.2) is 11.6 Å². The molecule has 4 heteroatoms. The van der Waals surface area contributed by atoms with Crippen molar-refractivity contribution in [1.82, 2.24) is 10.4 Å². The summed E-state index contributed by atoms with van der Waals surface area (Å²) in [6.07, 6.45) is 2.81. The fraction of sp³-hybridized carbons (Fsp3) is 0.625. The lowest BCUT2D eigenvalue weighted by Gasteiger charge is -2.10. The third-order valence-corrected chi connectivity index (χ3v) is 1.69. The topological polar surface area (TPSA) is 36.9 Å². The van der Waals surface area contributed by atoms with E-state index in [1.807, 2.05) is 18.3 Å². The number of methoxy groups -OCH3 is 1. The molecular formula is C8H15N3O. The SMILES string of the molecule is CC/C=N\C1=C(OC)CNN1C. The first-order chi connectivity index (χ1) is 5.79. The lowest BCUT2D eigenvalue weighted by Crippen LogP contribution is -2.26. The van der Waals surface area contributed by atoms with Crippen molar-refractivity contribution in [3.63, 3.8) is 0 Å². The number of rotatable bonds is 3. The third-order valence-electron chi connectivity index (χ3n) is 1.69. The summed E-state index contributed by atoms with van der Waals surface area (Å²) in [5.74, 6) is 1.77. The molecule has 12 heavy (non-hydrogen) atoms. The Bertz CT molecular complexity index is 210. The van der Waals surface area contributed by atoms with Crippen LogP contribution in [0.1, 0.15) is 13.3 Å². The monoisotopic (exact) mass is 169 g/mol. The van der Waals surface area contributed by atoms with Crippen molar-refractivity contribution < 1.29 is 4.74 Å². The summed E-state index contributed by atoms with van der Waals surface area (Å²) in [5, 5.41) is 1.87. The van der Waals surface area contributed by atoms with Crippen molar-refractivity contribution in [3.8, 4) is 0 Å². The lowest BCUT2D eigenvalue weighted by molar-refractivity contribution is 0.285. The molecule has 0 amide bonds. The second kappa shape index (κ2) is 4.11. The highest BCUT2D eigenvalue weighted by Gasteiger charge is 2.18. The van der Waals surface area contributed by atoms with Crippen LogP contribution in [0.3, 0.4) is 0 Å². The molecule has 68 valence electrons. The second-order valence-corrected chi connectivity index (χ2v) is 2.56. The molecule has 1 heterocycles. The average molecular weight is 169 g/mol. The maximum Gasteiger partial charge on any atom is 0.182 e. The van der Waals surface area contributed by atoms with E-state index in [1.54, 1.807) is 7.11 Å². The molecule has 0 spiro atoms. The smallest absolute Gasteiger partial charge is 0.182 e. The molecule has 1 aliphatic heterocycles. The molecule has 0 unspecified atom stereocenters. The Kier molecular flexibility index (Phi) is 3.10. The third kappa shape index (κ3) is 1.76. The number of nitrogens with one attached hydrogen (secondary N) is 1. The summed E-state index contributed by atoms with van der Waals surface area (Å²) in [7, 11) is 3.59. The van der Waals surface area contributed by atoms with E-state index in [4.69, 9.17) is 4.74 Å². The largest absolute Gasteiger partial charge is 0.496 e. The van der Waals surface area contributed by atoms with Gasteiger partial charge in [0.1, 0.15) is 0 Å². The maximum absolute atomic E-state index is 5.15. The number of hydrazine groups is 1. The summed E-state index contributed by atoms with van der Waals surface area (Å²) >= 11 is 0. The molecule has 0 radical (unpaired) electrons. The molecular weight excluding hydrogens is 154 g/mol. The number of aliphatic imine (C=N–C) groups is 1. The standard InChI is InChI=1S/C8H15N3O/c1-4-5-9-8-7(12-3)6-10-11(8)2/h5,10H,4,6H2,1-3H3/b9-5-. The molecule has 0 saturated heterocycles. The van der Waals surface area contributed by atoms with Crippen LogP contribution >= 0.6 is 0 Å². The maximum atomic E-state index is 5.15. The molecule has 4 nitrogen and oxygen atoms in total. The predicted molar refractivity (Wildman–Crippen MR) is 48.6 cm³/mol. The Hall–Kier alpha value is -1.03. The van der Waals surface area contributed by atoms with Crippen LogP contribution in [0.4, 0.5) is 0 Å². The van der Waals surface area contributed by atoms with Crippen molar-refractivity contribution in [2.24, 2.45) is 4.99 Å². The summed E-state index contributed by atoms with van der Waals surface area (Å²) in [6.45, 7) is 2.78. The van der Waals surface area contributed by atoms with E-state index in [0.29, 0.717) is 0 Å². The molecule has 1 aliphatic rings. The molecule has 0 bridgehead atoms. The van der Waals surface area contributed by atoms with Crippen molar-refractivity contribution in [1.29, 1.82) is 0 Å². The molecule has 0 fully saturated rings. The van der Waals surface area contributed by atoms with Crippen molar-refractivity contribution in [3.05, 3.63) is 11.6 Å². The van der Waals surface area contributed by atoms with Crippen LogP contribution in [0, 0.1) is 0 Å². The summed E-state index contributed by atoms with van der Waals surface area (Å²) in [5.41, 5.74) is 3.10. The normalized spacial score (nSPS) is 18.1. The van der Waals surface area contributed by atoms with Gasteiger partial charge in [-0.05, 0) is 6.42 Å². The number of nitrogens with zero attached hydrogens (tertiary/aromatic N) is 2. The Labute approximate surface area is 72.9 Å². The molecule has 0 atom stereocenters. The van der Waals surface area contributed by atoms with Gasteiger partial charge >= 0.3 is 0 Å². The van der Waals surface area contributed by atoms with Gasteiger partial charge in [0.05, 0.1) is 13.7 Å². The summed E-state index contributed by atoms with van der Waals surface area (Å²) in [6, 6.07) is 0. The van der Waals surface area contributed by atoms with Crippen molar-refractivity contribution in [2.45, 2.75) is 13.3 Å². The van der Waals surface area contributed by atoms with E-state index >= 15 is 0 Å². The molecule has 0 aromatic heterocycles. The van der Waals surface area contributed by atoms with Gasteiger partial charge in [-0.3, -0.25) is 5.01 Å². The van der Waals surface area contributed by atoms with E-state index in [2.05, 4.69) is 17.3 Å². The van der Waals surface area contributed by atoms with Crippen LogP contribution in [-0.4, -0.2) is 31.9 Å². The highest BCUT2D eigenvalue weighted by Crippen LogP contribution is 2.14. The number of hydrogen-bond acceptors (Lipinski definition) is 4. The minimum atomic E-state index is 0.726. The Balaban J connectivity index is 2.73. The van der Waals surface area contributed by atoms with E-state index in [9.17, 15) is 0 Å². The van der Waals surface area contributed by atoms with Gasteiger partial charge in [-0.15, -0.1) is 0 Å². The average Bonchev–Trinajstić information content (AvgIpc) is 2.43. The first-order valence-electron chi connectivity index (χ1n) is 4.06. The van der Waals surface area contributed by atoms with E-state index in [-0.39, 0.29) is 0 Å². The molecule has 1 N–H and O–H groups in total. The predicted octanol–water partition coefficient (Wildman–Crippen LogP) is 0.733. The van der Waals surface area contributed by atoms with E-state index < -0.39 is 0 Å². The summed E-state index contributed by atoms with van der Waals surface area (Å²) in [4.78, 5) is 4.27. The van der Waals surface area contributed by atoms with Gasteiger partial charge in [-0.1, -0.05) is 6.92 Å². The minimum Gasteiger partial charge on any atom is -0.496 e. The first kappa shape index (κ1) is 9.06. The van der Waals surface area contributed by atoms with Crippen molar-refractivity contribution in [2.75, 3.05) is 20.7 Å². The Morgan fingerprint density at radius 2 is 2.50 bits per heavy atom. The fourth-order valence-corrected chi connectivity index (χ4v) is 1.03. The van der Waals surface area contributed by atoms with E-state index in [1.165, 1.54) is 0 Å². The zero-order chi connectivity index (χ0) is 8.97. The van der Waals surface area contributed by atoms with Gasteiger partial charge in [-0.2, -0.15) is 0 Å². The van der Waals surface area contributed by atoms with Crippen LogP contribution in [-0.2, 0) is 4.74 Å². The molecule has 0 saturated carbocycles. The van der Waals surface area contributed by atoms with Gasteiger partial charge in [0, 0.05) is 13.3 Å². The van der Waals surface area contributed by atoms with E-state index in [0.717, 1.165) is 24.5 Å². The Morgan fingerprint density at radius 1 is 1.75 bits per heavy atom.